The van der Waals surface area contributed by atoms with Gasteiger partial charge in [0.25, 0.3) is 11.8 Å². The van der Waals surface area contributed by atoms with E-state index < -0.39 is 5.76 Å². The number of hydrogen-bond acceptors (Lipinski definition) is 7. The molecule has 0 saturated heterocycles. The van der Waals surface area contributed by atoms with Crippen LogP contribution in [0.25, 0.3) is 21.9 Å². The van der Waals surface area contributed by atoms with Gasteiger partial charge in [0.1, 0.15) is 0 Å². The first-order chi connectivity index (χ1) is 15.0. The zero-order valence-electron chi connectivity index (χ0n) is 17.0. The number of hydrogen-bond donors (Lipinski definition) is 1. The molecule has 31 heavy (non-hydrogen) atoms. The predicted molar refractivity (Wildman–Crippen MR) is 117 cm³/mol. The standard InChI is InChI=1S/C22H19N5O3S/c1-12-10-23-8-7-16(12)25-20(28)18-6-5-17(31-18)15-9-14(11-24-19(15)13-3-4-13)21-26-27(2)22(29)30-21/h5-11,13H,3-4H2,1-2H3,(H,23,25,28). The number of carbonyl (C=O) groups excluding carboxylic acids is 1. The Hall–Kier alpha value is -3.59. The van der Waals surface area contributed by atoms with Crippen LogP contribution in [0.5, 0.6) is 0 Å². The van der Waals surface area contributed by atoms with E-state index in [4.69, 9.17) is 4.42 Å². The van der Waals surface area contributed by atoms with Crippen LogP contribution in [0.1, 0.15) is 39.7 Å². The molecule has 1 aliphatic carbocycles. The molecule has 1 saturated carbocycles. The third-order valence-electron chi connectivity index (χ3n) is 5.18. The highest BCUT2D eigenvalue weighted by molar-refractivity contribution is 7.17. The average Bonchev–Trinajstić information content (AvgIpc) is 3.39. The summed E-state index contributed by atoms with van der Waals surface area (Å²) in [6.45, 7) is 1.90. The van der Waals surface area contributed by atoms with E-state index in [1.54, 1.807) is 24.7 Å². The predicted octanol–water partition coefficient (Wildman–Crippen LogP) is 4.00. The van der Waals surface area contributed by atoms with E-state index in [2.05, 4.69) is 20.4 Å². The molecule has 0 bridgehead atoms. The summed E-state index contributed by atoms with van der Waals surface area (Å²) in [5.74, 6) is -0.0485. The molecule has 8 nitrogen and oxygen atoms in total. The van der Waals surface area contributed by atoms with Gasteiger partial charge in [-0.1, -0.05) is 0 Å². The molecule has 4 heterocycles. The molecule has 0 unspecified atom stereocenters. The molecule has 1 amide bonds. The van der Waals surface area contributed by atoms with Gasteiger partial charge in [0.15, 0.2) is 0 Å². The highest BCUT2D eigenvalue weighted by Crippen LogP contribution is 2.45. The topological polar surface area (TPSA) is 103 Å². The normalized spacial score (nSPS) is 13.4. The molecule has 5 rings (SSSR count). The van der Waals surface area contributed by atoms with E-state index in [1.807, 2.05) is 25.1 Å². The van der Waals surface area contributed by atoms with Crippen LogP contribution in [0.15, 0.2) is 52.1 Å². The number of thiophene rings is 1. The Kier molecular flexibility index (Phi) is 4.74. The van der Waals surface area contributed by atoms with E-state index in [1.165, 1.54) is 18.4 Å². The van der Waals surface area contributed by atoms with Gasteiger partial charge in [0.05, 0.1) is 16.1 Å². The quantitative estimate of drug-likeness (QED) is 0.510. The zero-order valence-corrected chi connectivity index (χ0v) is 17.8. The molecule has 1 fully saturated rings. The summed E-state index contributed by atoms with van der Waals surface area (Å²) in [7, 11) is 1.54. The number of aromatic nitrogens is 4. The van der Waals surface area contributed by atoms with Gasteiger partial charge in [-0.05, 0) is 49.6 Å². The summed E-state index contributed by atoms with van der Waals surface area (Å²) in [6, 6.07) is 7.46. The van der Waals surface area contributed by atoms with Gasteiger partial charge in [0, 0.05) is 47.7 Å². The fourth-order valence-electron chi connectivity index (χ4n) is 3.34. The fraction of sp³-hybridized carbons (Fsp3) is 0.227. The molecular weight excluding hydrogens is 414 g/mol. The van der Waals surface area contributed by atoms with E-state index in [9.17, 15) is 9.59 Å². The van der Waals surface area contributed by atoms with Crippen molar-refractivity contribution in [1.82, 2.24) is 19.7 Å². The van der Waals surface area contributed by atoms with Gasteiger partial charge in [-0.25, -0.2) is 4.79 Å². The maximum absolute atomic E-state index is 12.8. The van der Waals surface area contributed by atoms with Gasteiger partial charge in [-0.2, -0.15) is 4.68 Å². The third-order valence-corrected chi connectivity index (χ3v) is 6.30. The Morgan fingerprint density at radius 1 is 1.26 bits per heavy atom. The maximum Gasteiger partial charge on any atom is 0.437 e. The Bertz CT molecular complexity index is 1350. The van der Waals surface area contributed by atoms with Gasteiger partial charge in [0.2, 0.25) is 0 Å². The zero-order chi connectivity index (χ0) is 21.5. The van der Waals surface area contributed by atoms with Crippen molar-refractivity contribution < 1.29 is 9.21 Å². The number of rotatable bonds is 5. The summed E-state index contributed by atoms with van der Waals surface area (Å²) < 4.78 is 6.37. The lowest BCUT2D eigenvalue weighted by molar-refractivity contribution is 0.103. The summed E-state index contributed by atoms with van der Waals surface area (Å²) >= 11 is 1.41. The van der Waals surface area contributed by atoms with Crippen molar-refractivity contribution in [3.05, 3.63) is 69.5 Å². The molecule has 1 aliphatic rings. The van der Waals surface area contributed by atoms with Gasteiger partial charge < -0.3 is 9.73 Å². The number of carbonyl (C=O) groups is 1. The van der Waals surface area contributed by atoms with E-state index >= 15 is 0 Å². The summed E-state index contributed by atoms with van der Waals surface area (Å²) in [5.41, 5.74) is 4.21. The van der Waals surface area contributed by atoms with Crippen molar-refractivity contribution in [1.29, 1.82) is 0 Å². The van der Waals surface area contributed by atoms with Crippen molar-refractivity contribution in [2.24, 2.45) is 7.05 Å². The number of nitrogens with zero attached hydrogens (tertiary/aromatic N) is 4. The van der Waals surface area contributed by atoms with Crippen LogP contribution in [0.4, 0.5) is 5.69 Å². The monoisotopic (exact) mass is 433 g/mol. The van der Waals surface area contributed by atoms with Crippen molar-refractivity contribution in [2.75, 3.05) is 5.32 Å². The van der Waals surface area contributed by atoms with Crippen LogP contribution in [0.2, 0.25) is 0 Å². The van der Waals surface area contributed by atoms with Crippen molar-refractivity contribution in [3.63, 3.8) is 0 Å². The average molecular weight is 433 g/mol. The van der Waals surface area contributed by atoms with Gasteiger partial charge in [-0.15, -0.1) is 16.4 Å². The smallest absolute Gasteiger partial charge is 0.388 e. The second-order valence-corrected chi connectivity index (χ2v) is 8.62. The number of amides is 1. The minimum absolute atomic E-state index is 0.168. The number of nitrogens with one attached hydrogen (secondary N) is 1. The summed E-state index contributed by atoms with van der Waals surface area (Å²) in [4.78, 5) is 34.7. The highest BCUT2D eigenvalue weighted by Gasteiger charge is 2.29. The lowest BCUT2D eigenvalue weighted by Gasteiger charge is -2.08. The van der Waals surface area contributed by atoms with Gasteiger partial charge in [-0.3, -0.25) is 14.8 Å². The maximum atomic E-state index is 12.8. The summed E-state index contributed by atoms with van der Waals surface area (Å²) in [5, 5.41) is 7.07. The van der Waals surface area contributed by atoms with E-state index in [-0.39, 0.29) is 11.8 Å². The summed E-state index contributed by atoms with van der Waals surface area (Å²) in [6.07, 6.45) is 7.24. The molecule has 0 atom stereocenters. The molecule has 9 heteroatoms. The first kappa shape index (κ1) is 19.4. The first-order valence-electron chi connectivity index (χ1n) is 9.86. The molecule has 156 valence electrons. The van der Waals surface area contributed by atoms with Crippen LogP contribution >= 0.6 is 11.3 Å². The number of aryl methyl sites for hydroxylation is 2. The van der Waals surface area contributed by atoms with Crippen LogP contribution in [0, 0.1) is 6.92 Å². The van der Waals surface area contributed by atoms with Gasteiger partial charge >= 0.3 is 5.76 Å². The largest absolute Gasteiger partial charge is 0.437 e. The Morgan fingerprint density at radius 2 is 2.10 bits per heavy atom. The van der Waals surface area contributed by atoms with E-state index in [0.717, 1.165) is 44.9 Å². The van der Waals surface area contributed by atoms with Crippen molar-refractivity contribution in [2.45, 2.75) is 25.7 Å². The number of anilines is 1. The van der Waals surface area contributed by atoms with Crippen molar-refractivity contribution in [3.8, 4) is 21.9 Å². The molecule has 4 aromatic rings. The molecule has 1 N–H and O–H groups in total. The molecule has 4 aromatic heterocycles. The second kappa shape index (κ2) is 7.59. The fourth-order valence-corrected chi connectivity index (χ4v) is 4.26. The molecule has 0 spiro atoms. The van der Waals surface area contributed by atoms with Crippen LogP contribution in [0.3, 0.4) is 0 Å². The van der Waals surface area contributed by atoms with Crippen LogP contribution in [-0.4, -0.2) is 25.7 Å². The number of pyridine rings is 2. The molecule has 0 aliphatic heterocycles. The lowest BCUT2D eigenvalue weighted by Crippen LogP contribution is -2.11. The molecule has 0 radical (unpaired) electrons. The third kappa shape index (κ3) is 3.79. The second-order valence-electron chi connectivity index (χ2n) is 7.54. The molecular formula is C22H19N5O3S. The highest BCUT2D eigenvalue weighted by atomic mass is 32.1. The Balaban J connectivity index is 1.49. The minimum atomic E-state index is -0.524. The van der Waals surface area contributed by atoms with Crippen molar-refractivity contribution >= 4 is 22.9 Å². The van der Waals surface area contributed by atoms with Crippen LogP contribution in [-0.2, 0) is 7.05 Å². The van der Waals surface area contributed by atoms with E-state index in [0.29, 0.717) is 16.4 Å². The first-order valence-corrected chi connectivity index (χ1v) is 10.7. The Morgan fingerprint density at radius 3 is 2.81 bits per heavy atom. The molecule has 0 aromatic carbocycles. The minimum Gasteiger partial charge on any atom is -0.388 e. The van der Waals surface area contributed by atoms with Crippen LogP contribution < -0.4 is 11.1 Å². The SMILES string of the molecule is Cc1cnccc1NC(=O)c1ccc(-c2cc(-c3nn(C)c(=O)o3)cnc2C2CC2)s1. The lowest BCUT2D eigenvalue weighted by atomic mass is 10.1. The Labute approximate surface area is 181 Å².